The van der Waals surface area contributed by atoms with Gasteiger partial charge in [0.25, 0.3) is 5.89 Å². The summed E-state index contributed by atoms with van der Waals surface area (Å²) in [4.78, 5) is 20.7. The van der Waals surface area contributed by atoms with Gasteiger partial charge in [-0.05, 0) is 20.0 Å². The van der Waals surface area contributed by atoms with Crippen LogP contribution < -0.4 is 5.32 Å². The molecule has 0 amide bonds. The van der Waals surface area contributed by atoms with E-state index in [-0.39, 0.29) is 18.4 Å². The molecular formula is C15H18ClN7OS. The van der Waals surface area contributed by atoms with Crippen LogP contribution in [0.1, 0.15) is 17.6 Å². The first kappa shape index (κ1) is 17.9. The van der Waals surface area contributed by atoms with Crippen molar-refractivity contribution in [3.8, 4) is 21.6 Å². The quantitative estimate of drug-likeness (QED) is 0.738. The van der Waals surface area contributed by atoms with Gasteiger partial charge in [-0.25, -0.2) is 15.0 Å². The fourth-order valence-electron chi connectivity index (χ4n) is 2.66. The number of aryl methyl sites for hydroxylation is 1. The summed E-state index contributed by atoms with van der Waals surface area (Å²) < 4.78 is 5.50. The zero-order valence-electron chi connectivity index (χ0n) is 13.8. The lowest BCUT2D eigenvalue weighted by Crippen LogP contribution is -2.44. The number of likely N-dealkylation sites (N-methyl/N-ethyl adjacent to an activating group) is 1. The highest BCUT2D eigenvalue weighted by molar-refractivity contribution is 7.18. The zero-order chi connectivity index (χ0) is 16.5. The van der Waals surface area contributed by atoms with Crippen LogP contribution in [0.25, 0.3) is 21.6 Å². The van der Waals surface area contributed by atoms with Gasteiger partial charge in [-0.2, -0.15) is 4.98 Å². The van der Waals surface area contributed by atoms with Crippen molar-refractivity contribution < 1.29 is 4.52 Å². The Morgan fingerprint density at radius 3 is 2.84 bits per heavy atom. The first-order chi connectivity index (χ1) is 11.7. The van der Waals surface area contributed by atoms with E-state index >= 15 is 0 Å². The van der Waals surface area contributed by atoms with Gasteiger partial charge in [0.15, 0.2) is 16.7 Å². The zero-order valence-corrected chi connectivity index (χ0v) is 15.5. The summed E-state index contributed by atoms with van der Waals surface area (Å²) in [5.41, 5.74) is 0.841. The third-order valence-electron chi connectivity index (χ3n) is 4.00. The molecule has 0 radical (unpaired) electrons. The number of hydrogen-bond donors (Lipinski definition) is 1. The van der Waals surface area contributed by atoms with Crippen molar-refractivity contribution in [1.29, 1.82) is 0 Å². The van der Waals surface area contributed by atoms with Crippen LogP contribution in [0, 0.1) is 6.92 Å². The van der Waals surface area contributed by atoms with Gasteiger partial charge in [-0.15, -0.1) is 23.7 Å². The third-order valence-corrected chi connectivity index (χ3v) is 5.14. The fraction of sp³-hybridized carbons (Fsp3) is 0.400. The van der Waals surface area contributed by atoms with Crippen LogP contribution >= 0.6 is 23.7 Å². The lowest BCUT2D eigenvalue weighted by Gasteiger charge is -2.30. The molecule has 1 unspecified atom stereocenters. The Kier molecular flexibility index (Phi) is 5.38. The molecule has 1 aliphatic rings. The van der Waals surface area contributed by atoms with Crippen molar-refractivity contribution in [2.45, 2.75) is 13.0 Å². The van der Waals surface area contributed by atoms with Crippen molar-refractivity contribution in [2.24, 2.45) is 0 Å². The second kappa shape index (κ2) is 7.52. The number of rotatable bonds is 3. The Hall–Kier alpha value is -1.94. The number of piperazine rings is 1. The highest BCUT2D eigenvalue weighted by Crippen LogP contribution is 2.33. The minimum Gasteiger partial charge on any atom is -0.333 e. The Morgan fingerprint density at radius 1 is 1.28 bits per heavy atom. The summed E-state index contributed by atoms with van der Waals surface area (Å²) in [6.45, 7) is 4.69. The first-order valence-electron chi connectivity index (χ1n) is 7.72. The molecule has 132 valence electrons. The number of nitrogens with zero attached hydrogens (tertiary/aromatic N) is 6. The summed E-state index contributed by atoms with van der Waals surface area (Å²) >= 11 is 1.46. The molecule has 0 spiro atoms. The average molecular weight is 380 g/mol. The third kappa shape index (κ3) is 3.54. The van der Waals surface area contributed by atoms with Gasteiger partial charge < -0.3 is 9.84 Å². The van der Waals surface area contributed by atoms with Gasteiger partial charge in [0.1, 0.15) is 4.88 Å². The van der Waals surface area contributed by atoms with Crippen LogP contribution in [0.15, 0.2) is 23.0 Å². The Bertz CT molecular complexity index is 838. The van der Waals surface area contributed by atoms with Crippen molar-refractivity contribution in [3.63, 3.8) is 0 Å². The predicted octanol–water partition coefficient (Wildman–Crippen LogP) is 1.96. The molecule has 0 aromatic carbocycles. The molecule has 8 nitrogen and oxygen atoms in total. The lowest BCUT2D eigenvalue weighted by molar-refractivity contribution is 0.190. The molecular weight excluding hydrogens is 362 g/mol. The largest absolute Gasteiger partial charge is 0.333 e. The first-order valence-corrected chi connectivity index (χ1v) is 8.54. The molecule has 1 N–H and O–H groups in total. The van der Waals surface area contributed by atoms with E-state index < -0.39 is 0 Å². The number of aromatic nitrogens is 5. The van der Waals surface area contributed by atoms with Crippen LogP contribution in [0.5, 0.6) is 0 Å². The number of halogens is 1. The monoisotopic (exact) mass is 379 g/mol. The Balaban J connectivity index is 0.00000182. The smallest absolute Gasteiger partial charge is 0.269 e. The molecule has 25 heavy (non-hydrogen) atoms. The maximum atomic E-state index is 5.50. The van der Waals surface area contributed by atoms with E-state index in [0.29, 0.717) is 17.5 Å². The van der Waals surface area contributed by atoms with Gasteiger partial charge in [-0.3, -0.25) is 4.90 Å². The maximum Gasteiger partial charge on any atom is 0.269 e. The molecule has 1 aliphatic heterocycles. The van der Waals surface area contributed by atoms with E-state index in [1.54, 1.807) is 18.5 Å². The molecule has 0 bridgehead atoms. The summed E-state index contributed by atoms with van der Waals surface area (Å²) in [7, 11) is 2.07. The van der Waals surface area contributed by atoms with Crippen LogP contribution in [0.2, 0.25) is 0 Å². The summed E-state index contributed by atoms with van der Waals surface area (Å²) in [5, 5.41) is 8.28. The molecule has 4 rings (SSSR count). The minimum atomic E-state index is 0. The Labute approximate surface area is 155 Å². The van der Waals surface area contributed by atoms with Gasteiger partial charge in [0.2, 0.25) is 0 Å². The fourth-order valence-corrected chi connectivity index (χ4v) is 3.59. The molecule has 3 aromatic heterocycles. The molecule has 1 fully saturated rings. The Morgan fingerprint density at radius 2 is 2.08 bits per heavy atom. The normalized spacial score (nSPS) is 18.1. The highest BCUT2D eigenvalue weighted by Gasteiger charge is 2.26. The maximum absolute atomic E-state index is 5.50. The molecule has 1 atom stereocenters. The number of hydrogen-bond acceptors (Lipinski definition) is 9. The standard InChI is InChI=1S/C15H17N7OS.ClH/c1-9-11(24-15(19-9)13-17-4-3-5-18-13)14-20-12(21-23-14)10-8-16-6-7-22(10)2;/h3-5,10,16H,6-8H2,1-2H3;1H. The summed E-state index contributed by atoms with van der Waals surface area (Å²) in [6, 6.07) is 1.91. The minimum absolute atomic E-state index is 0. The van der Waals surface area contributed by atoms with E-state index in [0.717, 1.165) is 35.2 Å². The number of thiazole rings is 1. The van der Waals surface area contributed by atoms with Crippen molar-refractivity contribution >= 4 is 23.7 Å². The number of nitrogens with one attached hydrogen (secondary N) is 1. The van der Waals surface area contributed by atoms with E-state index in [2.05, 4.69) is 42.4 Å². The molecule has 3 aromatic rings. The van der Waals surface area contributed by atoms with Crippen molar-refractivity contribution in [3.05, 3.63) is 30.0 Å². The molecule has 0 aliphatic carbocycles. The van der Waals surface area contributed by atoms with E-state index in [1.807, 2.05) is 6.92 Å². The van der Waals surface area contributed by atoms with Gasteiger partial charge >= 0.3 is 0 Å². The van der Waals surface area contributed by atoms with Gasteiger partial charge in [-0.1, -0.05) is 5.16 Å². The predicted molar refractivity (Wildman–Crippen MR) is 96.7 cm³/mol. The second-order valence-corrected chi connectivity index (χ2v) is 6.66. The summed E-state index contributed by atoms with van der Waals surface area (Å²) in [5.74, 6) is 1.80. The van der Waals surface area contributed by atoms with Gasteiger partial charge in [0, 0.05) is 32.0 Å². The molecule has 4 heterocycles. The lowest BCUT2D eigenvalue weighted by atomic mass is 10.2. The average Bonchev–Trinajstić information content (AvgIpc) is 3.23. The van der Waals surface area contributed by atoms with E-state index in [4.69, 9.17) is 4.52 Å². The molecule has 1 saturated heterocycles. The van der Waals surface area contributed by atoms with Crippen LogP contribution in [-0.2, 0) is 0 Å². The van der Waals surface area contributed by atoms with Crippen molar-refractivity contribution in [1.82, 2.24) is 35.3 Å². The van der Waals surface area contributed by atoms with Gasteiger partial charge in [0.05, 0.1) is 11.7 Å². The van der Waals surface area contributed by atoms with Crippen LogP contribution in [0.4, 0.5) is 0 Å². The highest BCUT2D eigenvalue weighted by atomic mass is 35.5. The van der Waals surface area contributed by atoms with Crippen molar-refractivity contribution in [2.75, 3.05) is 26.7 Å². The molecule has 10 heteroatoms. The van der Waals surface area contributed by atoms with E-state index in [9.17, 15) is 0 Å². The topological polar surface area (TPSA) is 92.9 Å². The van der Waals surface area contributed by atoms with Crippen LogP contribution in [0.3, 0.4) is 0 Å². The SMILES string of the molecule is Cc1nc(-c2ncccn2)sc1-c1nc(C2CNCCN2C)no1.Cl. The summed E-state index contributed by atoms with van der Waals surface area (Å²) in [6.07, 6.45) is 3.41. The van der Waals surface area contributed by atoms with Crippen LogP contribution in [-0.4, -0.2) is 56.7 Å². The van der Waals surface area contributed by atoms with E-state index in [1.165, 1.54) is 11.3 Å². The second-order valence-electron chi connectivity index (χ2n) is 5.66. The molecule has 0 saturated carbocycles.